The fourth-order valence-corrected chi connectivity index (χ4v) is 3.89. The number of nitrogens with one attached hydrogen (secondary N) is 2. The van der Waals surface area contributed by atoms with Gasteiger partial charge >= 0.3 is 5.97 Å². The van der Waals surface area contributed by atoms with E-state index >= 15 is 0 Å². The third-order valence-electron chi connectivity index (χ3n) is 3.42. The molecule has 0 spiro atoms. The number of amides is 1. The van der Waals surface area contributed by atoms with Crippen molar-refractivity contribution in [2.45, 2.75) is 23.6 Å². The van der Waals surface area contributed by atoms with Gasteiger partial charge in [0.05, 0.1) is 22.8 Å². The summed E-state index contributed by atoms with van der Waals surface area (Å²) in [4.78, 5) is 23.9. The fraction of sp³-hybridized carbons (Fsp3) is 0.222. The van der Waals surface area contributed by atoms with E-state index in [4.69, 9.17) is 4.74 Å². The second kappa shape index (κ2) is 8.92. The normalized spacial score (nSPS) is 10.9. The molecule has 0 aromatic heterocycles. The van der Waals surface area contributed by atoms with Crippen LogP contribution in [0, 0.1) is 0 Å². The van der Waals surface area contributed by atoms with Crippen LogP contribution in [0.4, 0.5) is 11.4 Å². The minimum absolute atomic E-state index is 0.00872. The van der Waals surface area contributed by atoms with Crippen LogP contribution in [-0.4, -0.2) is 33.2 Å². The molecule has 0 saturated heterocycles. The smallest absolute Gasteiger partial charge is 0.338 e. The summed E-state index contributed by atoms with van der Waals surface area (Å²) in [7, 11) is -3.91. The lowest BCUT2D eigenvalue weighted by Gasteiger charge is -2.13. The van der Waals surface area contributed by atoms with Gasteiger partial charge in [0.1, 0.15) is 0 Å². The Hall–Kier alpha value is -2.52. The van der Waals surface area contributed by atoms with Gasteiger partial charge in [-0.15, -0.1) is 11.8 Å². The van der Waals surface area contributed by atoms with Gasteiger partial charge in [0, 0.05) is 17.5 Å². The van der Waals surface area contributed by atoms with Gasteiger partial charge in [-0.05, 0) is 49.6 Å². The van der Waals surface area contributed by atoms with Crippen molar-refractivity contribution in [1.82, 2.24) is 0 Å². The van der Waals surface area contributed by atoms with Crippen molar-refractivity contribution in [3.63, 3.8) is 0 Å². The molecular weight excluding hydrogens is 388 g/mol. The van der Waals surface area contributed by atoms with E-state index in [0.717, 1.165) is 4.90 Å². The number of carbonyl (C=O) groups excluding carboxylic acids is 2. The number of anilines is 2. The van der Waals surface area contributed by atoms with Crippen molar-refractivity contribution < 1.29 is 22.7 Å². The van der Waals surface area contributed by atoms with Crippen LogP contribution in [0.25, 0.3) is 0 Å². The largest absolute Gasteiger partial charge is 0.462 e. The maximum absolute atomic E-state index is 12.7. The van der Waals surface area contributed by atoms with Crippen LogP contribution in [0.2, 0.25) is 0 Å². The predicted molar refractivity (Wildman–Crippen MR) is 106 cm³/mol. The maximum Gasteiger partial charge on any atom is 0.338 e. The number of benzene rings is 2. The highest BCUT2D eigenvalue weighted by atomic mass is 32.2. The van der Waals surface area contributed by atoms with Crippen LogP contribution >= 0.6 is 11.8 Å². The summed E-state index contributed by atoms with van der Waals surface area (Å²) >= 11 is 1.39. The molecule has 0 heterocycles. The first-order valence-electron chi connectivity index (χ1n) is 8.02. The molecule has 0 aliphatic carbocycles. The average molecular weight is 409 g/mol. The number of esters is 1. The lowest BCUT2D eigenvalue weighted by molar-refractivity contribution is -0.114. The zero-order chi connectivity index (χ0) is 20.0. The van der Waals surface area contributed by atoms with E-state index in [2.05, 4.69) is 10.0 Å². The van der Waals surface area contributed by atoms with Crippen LogP contribution in [-0.2, 0) is 19.6 Å². The molecule has 0 bridgehead atoms. The molecular formula is C18H20N2O5S2. The molecule has 0 aliphatic rings. The second-order valence-electron chi connectivity index (χ2n) is 5.45. The van der Waals surface area contributed by atoms with Crippen LogP contribution in [0.1, 0.15) is 24.2 Å². The molecule has 2 rings (SSSR count). The van der Waals surface area contributed by atoms with Gasteiger partial charge in [0.2, 0.25) is 5.91 Å². The number of ether oxygens (including phenoxy) is 1. The highest BCUT2D eigenvalue weighted by molar-refractivity contribution is 7.98. The zero-order valence-corrected chi connectivity index (χ0v) is 16.7. The highest BCUT2D eigenvalue weighted by Crippen LogP contribution is 2.29. The quantitative estimate of drug-likeness (QED) is 0.538. The molecule has 0 atom stereocenters. The number of thioether (sulfide) groups is 1. The van der Waals surface area contributed by atoms with Crippen molar-refractivity contribution in [2.75, 3.05) is 22.9 Å². The number of hydrogen-bond acceptors (Lipinski definition) is 6. The number of carbonyl (C=O) groups is 2. The van der Waals surface area contributed by atoms with Crippen LogP contribution in [0.15, 0.2) is 52.3 Å². The second-order valence-corrected chi connectivity index (χ2v) is 7.98. The lowest BCUT2D eigenvalue weighted by Crippen LogP contribution is -2.15. The summed E-state index contributed by atoms with van der Waals surface area (Å²) in [5, 5.41) is 2.63. The first-order chi connectivity index (χ1) is 12.8. The van der Waals surface area contributed by atoms with Crippen LogP contribution in [0.5, 0.6) is 0 Å². The van der Waals surface area contributed by atoms with E-state index in [1.807, 2.05) is 6.26 Å². The maximum atomic E-state index is 12.7. The van der Waals surface area contributed by atoms with Gasteiger partial charge in [0.15, 0.2) is 0 Å². The van der Waals surface area contributed by atoms with E-state index in [1.165, 1.54) is 49.0 Å². The van der Waals surface area contributed by atoms with Gasteiger partial charge in [-0.1, -0.05) is 6.07 Å². The Morgan fingerprint density at radius 2 is 1.89 bits per heavy atom. The van der Waals surface area contributed by atoms with Crippen molar-refractivity contribution in [3.8, 4) is 0 Å². The monoisotopic (exact) mass is 408 g/mol. The van der Waals surface area contributed by atoms with Gasteiger partial charge in [-0.2, -0.15) is 0 Å². The average Bonchev–Trinajstić information content (AvgIpc) is 2.61. The van der Waals surface area contributed by atoms with E-state index < -0.39 is 16.0 Å². The number of rotatable bonds is 7. The molecule has 0 fully saturated rings. The first-order valence-corrected chi connectivity index (χ1v) is 10.7. The third kappa shape index (κ3) is 5.48. The fourth-order valence-electron chi connectivity index (χ4n) is 2.28. The molecule has 2 aromatic rings. The Balaban J connectivity index is 2.33. The van der Waals surface area contributed by atoms with Crippen molar-refractivity contribution in [1.29, 1.82) is 0 Å². The Kier molecular flexibility index (Phi) is 6.86. The van der Waals surface area contributed by atoms with Crippen molar-refractivity contribution in [3.05, 3.63) is 48.0 Å². The van der Waals surface area contributed by atoms with Crippen molar-refractivity contribution in [2.24, 2.45) is 0 Å². The summed E-state index contributed by atoms with van der Waals surface area (Å²) in [6.07, 6.45) is 1.83. The molecule has 2 N–H and O–H groups in total. The standard InChI is InChI=1S/C18H20N2O5S2/c1-4-25-18(22)13-6-5-7-14(10-13)20-27(23,24)15-8-9-17(26-3)16(11-15)19-12(2)21/h5-11,20H,4H2,1-3H3,(H,19,21). The molecule has 27 heavy (non-hydrogen) atoms. The summed E-state index contributed by atoms with van der Waals surface area (Å²) in [6, 6.07) is 10.5. The summed E-state index contributed by atoms with van der Waals surface area (Å²) < 4.78 is 32.8. The first kappa shape index (κ1) is 20.8. The van der Waals surface area contributed by atoms with E-state index in [9.17, 15) is 18.0 Å². The Morgan fingerprint density at radius 1 is 1.15 bits per heavy atom. The molecule has 2 aromatic carbocycles. The van der Waals surface area contributed by atoms with Gasteiger partial charge in [-0.25, -0.2) is 13.2 Å². The third-order valence-corrected chi connectivity index (χ3v) is 5.59. The molecule has 0 radical (unpaired) electrons. The van der Waals surface area contributed by atoms with E-state index in [-0.39, 0.29) is 28.7 Å². The van der Waals surface area contributed by atoms with E-state index in [0.29, 0.717) is 5.69 Å². The van der Waals surface area contributed by atoms with Gasteiger partial charge in [-0.3, -0.25) is 9.52 Å². The van der Waals surface area contributed by atoms with Crippen LogP contribution in [0.3, 0.4) is 0 Å². The molecule has 0 unspecified atom stereocenters. The highest BCUT2D eigenvalue weighted by Gasteiger charge is 2.18. The number of hydrogen-bond donors (Lipinski definition) is 2. The Bertz CT molecular complexity index is 958. The SMILES string of the molecule is CCOC(=O)c1cccc(NS(=O)(=O)c2ccc(SC)c(NC(C)=O)c2)c1. The molecule has 144 valence electrons. The van der Waals surface area contributed by atoms with Gasteiger partial charge < -0.3 is 10.1 Å². The Morgan fingerprint density at radius 3 is 2.52 bits per heavy atom. The molecule has 9 heteroatoms. The predicted octanol–water partition coefficient (Wildman–Crippen LogP) is 3.34. The van der Waals surface area contributed by atoms with Crippen LogP contribution < -0.4 is 10.0 Å². The minimum Gasteiger partial charge on any atom is -0.462 e. The minimum atomic E-state index is -3.91. The molecule has 0 aliphatic heterocycles. The van der Waals surface area contributed by atoms with Gasteiger partial charge in [0.25, 0.3) is 10.0 Å². The van der Waals surface area contributed by atoms with Crippen molar-refractivity contribution >= 4 is 45.0 Å². The molecule has 1 amide bonds. The lowest BCUT2D eigenvalue weighted by atomic mass is 10.2. The zero-order valence-electron chi connectivity index (χ0n) is 15.1. The number of sulfonamides is 1. The summed E-state index contributed by atoms with van der Waals surface area (Å²) in [5.74, 6) is -0.828. The Labute approximate surface area is 162 Å². The summed E-state index contributed by atoms with van der Waals surface area (Å²) in [5.41, 5.74) is 0.891. The van der Waals surface area contributed by atoms with E-state index in [1.54, 1.807) is 19.1 Å². The molecule has 7 nitrogen and oxygen atoms in total. The topological polar surface area (TPSA) is 102 Å². The molecule has 0 saturated carbocycles. The summed E-state index contributed by atoms with van der Waals surface area (Å²) in [6.45, 7) is 3.27.